The molecule has 4 amide bonds. The van der Waals surface area contributed by atoms with Crippen molar-refractivity contribution in [2.45, 2.75) is 24.9 Å². The van der Waals surface area contributed by atoms with Gasteiger partial charge in [-0.15, -0.1) is 0 Å². The highest BCUT2D eigenvalue weighted by molar-refractivity contribution is 6.08. The van der Waals surface area contributed by atoms with Crippen LogP contribution in [0, 0.1) is 5.82 Å². The molecule has 4 heterocycles. The van der Waals surface area contributed by atoms with Gasteiger partial charge in [0, 0.05) is 19.0 Å². The molecule has 1 aromatic carbocycles. The number of aromatic nitrogens is 1. The number of nitrogens with one attached hydrogen (secondary N) is 2. The Morgan fingerprint density at radius 3 is 2.82 bits per heavy atom. The normalized spacial score (nSPS) is 19.7. The van der Waals surface area contributed by atoms with E-state index in [9.17, 15) is 18.8 Å². The summed E-state index contributed by atoms with van der Waals surface area (Å²) in [6, 6.07) is 7.44. The number of fused-ring (bicyclic) bond motifs is 2. The summed E-state index contributed by atoms with van der Waals surface area (Å²) in [4.78, 5) is 43.3. The molecule has 0 spiro atoms. The first kappa shape index (κ1) is 20.7. The second-order valence-electron chi connectivity index (χ2n) is 8.10. The molecule has 11 heteroatoms. The summed E-state index contributed by atoms with van der Waals surface area (Å²) in [5, 5.41) is 4.89. The van der Waals surface area contributed by atoms with E-state index < -0.39 is 29.2 Å². The van der Waals surface area contributed by atoms with Gasteiger partial charge in [0.2, 0.25) is 0 Å². The average Bonchev–Trinajstić information content (AvgIpc) is 3.40. The fourth-order valence-electron chi connectivity index (χ4n) is 4.35. The van der Waals surface area contributed by atoms with Gasteiger partial charge < -0.3 is 25.1 Å². The molecule has 1 atom stereocenters. The van der Waals surface area contributed by atoms with Crippen molar-refractivity contribution in [1.29, 1.82) is 0 Å². The quantitative estimate of drug-likeness (QED) is 0.483. The van der Waals surface area contributed by atoms with Crippen molar-refractivity contribution in [2.24, 2.45) is 0 Å². The highest BCUT2D eigenvalue weighted by Gasteiger charge is 2.49. The summed E-state index contributed by atoms with van der Waals surface area (Å²) in [7, 11) is 1.32. The number of aryl methyl sites for hydroxylation is 1. The number of carbonyl (C=O) groups is 3. The van der Waals surface area contributed by atoms with Gasteiger partial charge in [-0.2, -0.15) is 0 Å². The first-order valence-corrected chi connectivity index (χ1v) is 10.2. The van der Waals surface area contributed by atoms with Crippen molar-refractivity contribution in [1.82, 2.24) is 20.5 Å². The zero-order valence-corrected chi connectivity index (χ0v) is 17.6. The van der Waals surface area contributed by atoms with Crippen molar-refractivity contribution < 1.29 is 27.9 Å². The molecular formula is C22H20FN5O5. The Hall–Kier alpha value is -4.15. The van der Waals surface area contributed by atoms with E-state index in [1.807, 2.05) is 0 Å². The lowest BCUT2D eigenvalue weighted by atomic mass is 9.92. The number of benzene rings is 1. The van der Waals surface area contributed by atoms with Crippen molar-refractivity contribution in [3.63, 3.8) is 0 Å². The molecule has 0 bridgehead atoms. The van der Waals surface area contributed by atoms with Crippen molar-refractivity contribution in [3.05, 3.63) is 53.0 Å². The highest BCUT2D eigenvalue weighted by Crippen LogP contribution is 2.33. The molecule has 0 aliphatic carbocycles. The van der Waals surface area contributed by atoms with Crippen LogP contribution in [0.3, 0.4) is 0 Å². The standard InChI is InChI=1S/C22H20FN5O5/c1-32-15-3-2-11-9-28(19(29)17(11)18(15)23)10-22(20(30)26-21(31)27-22)7-6-12-8-13-14(33-12)4-5-16(24)25-13/h2-5,8H,6-7,9-10H2,1H3,(H2,24,25)(H2,26,27,30,31)/t22-/m1/s1. The van der Waals surface area contributed by atoms with Crippen LogP contribution in [-0.4, -0.2) is 46.9 Å². The molecule has 3 aromatic rings. The van der Waals surface area contributed by atoms with Crippen LogP contribution in [0.4, 0.5) is 15.0 Å². The Labute approximate surface area is 186 Å². The number of furan rings is 1. The molecule has 5 rings (SSSR count). The topological polar surface area (TPSA) is 140 Å². The largest absolute Gasteiger partial charge is 0.494 e. The molecular weight excluding hydrogens is 433 g/mol. The summed E-state index contributed by atoms with van der Waals surface area (Å²) >= 11 is 0. The third-order valence-corrected chi connectivity index (χ3v) is 5.99. The summed E-state index contributed by atoms with van der Waals surface area (Å²) < 4.78 is 25.4. The molecule has 170 valence electrons. The Morgan fingerprint density at radius 2 is 2.09 bits per heavy atom. The van der Waals surface area contributed by atoms with E-state index in [2.05, 4.69) is 15.6 Å². The lowest BCUT2D eigenvalue weighted by Crippen LogP contribution is -2.55. The monoisotopic (exact) mass is 453 g/mol. The molecule has 2 aliphatic rings. The van der Waals surface area contributed by atoms with Crippen LogP contribution in [0.1, 0.15) is 28.1 Å². The lowest BCUT2D eigenvalue weighted by Gasteiger charge is -2.30. The predicted molar refractivity (Wildman–Crippen MR) is 114 cm³/mol. The van der Waals surface area contributed by atoms with Crippen LogP contribution in [0.2, 0.25) is 0 Å². The number of imide groups is 1. The van der Waals surface area contributed by atoms with E-state index in [0.29, 0.717) is 28.2 Å². The van der Waals surface area contributed by atoms with E-state index in [4.69, 9.17) is 14.9 Å². The number of carbonyl (C=O) groups excluding carboxylic acids is 3. The van der Waals surface area contributed by atoms with Gasteiger partial charge in [0.05, 0.1) is 19.2 Å². The Kier molecular flexibility index (Phi) is 4.69. The van der Waals surface area contributed by atoms with Crippen LogP contribution in [-0.2, 0) is 17.8 Å². The van der Waals surface area contributed by atoms with Crippen LogP contribution in [0.15, 0.2) is 34.7 Å². The number of hydrogen-bond donors (Lipinski definition) is 3. The maximum Gasteiger partial charge on any atom is 0.322 e. The van der Waals surface area contributed by atoms with Crippen molar-refractivity contribution in [3.8, 4) is 5.75 Å². The highest BCUT2D eigenvalue weighted by atomic mass is 19.1. The SMILES string of the molecule is COc1ccc2c(c1F)C(=O)N(C[C@@]1(CCc3cc4nc(N)ccc4o3)NC(=O)NC1=O)C2. The number of methoxy groups -OCH3 is 1. The summed E-state index contributed by atoms with van der Waals surface area (Å²) in [5.41, 5.74) is 5.82. The minimum absolute atomic E-state index is 0.0373. The van der Waals surface area contributed by atoms with E-state index >= 15 is 0 Å². The maximum atomic E-state index is 14.7. The van der Waals surface area contributed by atoms with Gasteiger partial charge in [-0.25, -0.2) is 14.2 Å². The Balaban J connectivity index is 1.40. The number of nitrogens with zero attached hydrogens (tertiary/aromatic N) is 2. The number of hydrogen-bond acceptors (Lipinski definition) is 7. The second-order valence-corrected chi connectivity index (χ2v) is 8.10. The van der Waals surface area contributed by atoms with Gasteiger partial charge >= 0.3 is 6.03 Å². The van der Waals surface area contributed by atoms with Crippen molar-refractivity contribution >= 4 is 34.8 Å². The number of nitrogen functional groups attached to an aromatic ring is 1. The fraction of sp³-hybridized carbons (Fsp3) is 0.273. The lowest BCUT2D eigenvalue weighted by molar-refractivity contribution is -0.124. The van der Waals surface area contributed by atoms with Crippen molar-refractivity contribution in [2.75, 3.05) is 19.4 Å². The molecule has 4 N–H and O–H groups in total. The number of urea groups is 1. The molecule has 33 heavy (non-hydrogen) atoms. The molecule has 2 aromatic heterocycles. The molecule has 0 saturated carbocycles. The van der Waals surface area contributed by atoms with E-state index in [0.717, 1.165) is 0 Å². The van der Waals surface area contributed by atoms with Crippen LogP contribution in [0.25, 0.3) is 11.1 Å². The number of anilines is 1. The van der Waals surface area contributed by atoms with Gasteiger partial charge in [-0.1, -0.05) is 6.07 Å². The zero-order chi connectivity index (χ0) is 23.3. The van der Waals surface area contributed by atoms with Gasteiger partial charge in [-0.3, -0.25) is 14.9 Å². The van der Waals surface area contributed by atoms with Gasteiger partial charge in [-0.05, 0) is 30.2 Å². The minimum Gasteiger partial charge on any atom is -0.494 e. The average molecular weight is 453 g/mol. The smallest absolute Gasteiger partial charge is 0.322 e. The zero-order valence-electron chi connectivity index (χ0n) is 17.6. The third kappa shape index (κ3) is 3.41. The molecule has 0 radical (unpaired) electrons. The number of halogens is 1. The third-order valence-electron chi connectivity index (χ3n) is 5.99. The number of ether oxygens (including phenoxy) is 1. The number of pyridine rings is 1. The number of amides is 4. The van der Waals surface area contributed by atoms with E-state index in [1.54, 1.807) is 24.3 Å². The second kappa shape index (κ2) is 7.47. The van der Waals surface area contributed by atoms with Crippen LogP contribution in [0.5, 0.6) is 5.75 Å². The van der Waals surface area contributed by atoms with Crippen LogP contribution < -0.4 is 21.1 Å². The summed E-state index contributed by atoms with van der Waals surface area (Å²) in [6.07, 6.45) is 0.424. The molecule has 1 saturated heterocycles. The number of nitrogens with two attached hydrogens (primary N) is 1. The number of rotatable bonds is 6. The van der Waals surface area contributed by atoms with Gasteiger partial charge in [0.1, 0.15) is 22.6 Å². The Morgan fingerprint density at radius 1 is 1.27 bits per heavy atom. The van der Waals surface area contributed by atoms with Gasteiger partial charge in [0.15, 0.2) is 17.1 Å². The minimum atomic E-state index is -1.40. The molecule has 10 nitrogen and oxygen atoms in total. The molecule has 1 fully saturated rings. The van der Waals surface area contributed by atoms with Crippen LogP contribution >= 0.6 is 0 Å². The van der Waals surface area contributed by atoms with Gasteiger partial charge in [0.25, 0.3) is 11.8 Å². The summed E-state index contributed by atoms with van der Waals surface area (Å²) in [6.45, 7) is -0.0287. The first-order valence-electron chi connectivity index (χ1n) is 10.2. The first-order chi connectivity index (χ1) is 15.8. The predicted octanol–water partition coefficient (Wildman–Crippen LogP) is 1.72. The van der Waals surface area contributed by atoms with E-state index in [1.165, 1.54) is 18.1 Å². The molecule has 2 aliphatic heterocycles. The van der Waals surface area contributed by atoms with E-state index in [-0.39, 0.29) is 37.2 Å². The maximum absolute atomic E-state index is 14.7. The fourth-order valence-corrected chi connectivity index (χ4v) is 4.35. The Bertz CT molecular complexity index is 1320. The summed E-state index contributed by atoms with van der Waals surface area (Å²) in [5.74, 6) is -1.02. The molecule has 0 unspecified atom stereocenters.